The summed E-state index contributed by atoms with van der Waals surface area (Å²) in [7, 11) is 0. The van der Waals surface area contributed by atoms with Crippen LogP contribution in [0, 0.1) is 11.3 Å². The Balaban J connectivity index is 2.33. The number of halogens is 3. The molecule has 0 radical (unpaired) electrons. The fourth-order valence-electron chi connectivity index (χ4n) is 1.20. The van der Waals surface area contributed by atoms with Crippen LogP contribution in [0.15, 0.2) is 30.7 Å². The molecule has 2 aromatic rings. The van der Waals surface area contributed by atoms with Crippen molar-refractivity contribution in [1.82, 2.24) is 14.8 Å². The van der Waals surface area contributed by atoms with Crippen LogP contribution in [0.25, 0.3) is 5.82 Å². The average Bonchev–Trinajstić information content (AvgIpc) is 2.76. The normalized spacial score (nSPS) is 11.2. The molecule has 0 fully saturated rings. The number of aromatic nitrogens is 3. The zero-order valence-corrected chi connectivity index (χ0v) is 8.31. The van der Waals surface area contributed by atoms with Gasteiger partial charge in [-0.1, -0.05) is 0 Å². The highest BCUT2D eigenvalue weighted by molar-refractivity contribution is 5.30. The molecule has 0 aliphatic heterocycles. The van der Waals surface area contributed by atoms with E-state index in [0.29, 0.717) is 5.56 Å². The van der Waals surface area contributed by atoms with Gasteiger partial charge in [0.15, 0.2) is 5.82 Å². The summed E-state index contributed by atoms with van der Waals surface area (Å²) in [5.41, 5.74) is -0.513. The third kappa shape index (κ3) is 2.25. The third-order valence-corrected chi connectivity index (χ3v) is 2.02. The van der Waals surface area contributed by atoms with E-state index in [-0.39, 0.29) is 5.82 Å². The van der Waals surface area contributed by atoms with Crippen LogP contribution in [0.3, 0.4) is 0 Å². The molecule has 0 aliphatic rings. The summed E-state index contributed by atoms with van der Waals surface area (Å²) in [6.45, 7) is 0. The highest BCUT2D eigenvalue weighted by atomic mass is 19.4. The number of hydrogen-bond donors (Lipinski definition) is 0. The number of nitriles is 1. The molecule has 0 amide bonds. The predicted molar refractivity (Wildman–Crippen MR) is 51.1 cm³/mol. The van der Waals surface area contributed by atoms with Crippen LogP contribution in [0.5, 0.6) is 0 Å². The molecule has 0 spiro atoms. The largest absolute Gasteiger partial charge is 0.417 e. The van der Waals surface area contributed by atoms with Gasteiger partial charge in [-0.25, -0.2) is 9.67 Å². The van der Waals surface area contributed by atoms with Gasteiger partial charge in [-0.15, -0.1) is 0 Å². The Morgan fingerprint density at radius 1 is 1.24 bits per heavy atom. The van der Waals surface area contributed by atoms with Crippen LogP contribution in [-0.4, -0.2) is 14.8 Å². The van der Waals surface area contributed by atoms with Crippen LogP contribution in [0.2, 0.25) is 0 Å². The first kappa shape index (κ1) is 11.1. The molecular weight excluding hydrogens is 233 g/mol. The average molecular weight is 238 g/mol. The lowest BCUT2D eigenvalue weighted by atomic mass is 10.3. The van der Waals surface area contributed by atoms with Crippen molar-refractivity contribution in [2.24, 2.45) is 0 Å². The Bertz CT molecular complexity index is 562. The first-order chi connectivity index (χ1) is 8.00. The molecule has 4 nitrogen and oxygen atoms in total. The molecule has 86 valence electrons. The Kier molecular flexibility index (Phi) is 2.55. The molecule has 2 rings (SSSR count). The minimum absolute atomic E-state index is 0.222. The lowest BCUT2D eigenvalue weighted by Gasteiger charge is -2.06. The molecule has 7 heteroatoms. The van der Waals surface area contributed by atoms with Crippen molar-refractivity contribution >= 4 is 0 Å². The third-order valence-electron chi connectivity index (χ3n) is 2.02. The second kappa shape index (κ2) is 3.90. The van der Waals surface area contributed by atoms with Crippen molar-refractivity contribution in [3.63, 3.8) is 0 Å². The number of alkyl halides is 3. The summed E-state index contributed by atoms with van der Waals surface area (Å²) in [4.78, 5) is 3.63. The lowest BCUT2D eigenvalue weighted by Crippen LogP contribution is -2.06. The lowest BCUT2D eigenvalue weighted by molar-refractivity contribution is -0.137. The van der Waals surface area contributed by atoms with E-state index in [0.717, 1.165) is 12.3 Å². The summed E-state index contributed by atoms with van der Waals surface area (Å²) in [5.74, 6) is 0.222. The van der Waals surface area contributed by atoms with Gasteiger partial charge in [0.25, 0.3) is 0 Å². The van der Waals surface area contributed by atoms with Crippen molar-refractivity contribution in [2.75, 3.05) is 0 Å². The monoisotopic (exact) mass is 238 g/mol. The van der Waals surface area contributed by atoms with Gasteiger partial charge in [-0.2, -0.15) is 23.5 Å². The zero-order chi connectivity index (χ0) is 12.5. The molecule has 2 aromatic heterocycles. The molecule has 0 unspecified atom stereocenters. The zero-order valence-electron chi connectivity index (χ0n) is 8.31. The van der Waals surface area contributed by atoms with E-state index in [1.807, 2.05) is 6.07 Å². The number of hydrogen-bond acceptors (Lipinski definition) is 3. The summed E-state index contributed by atoms with van der Waals surface area (Å²) in [6.07, 6.45) is -0.995. The molecule has 2 heterocycles. The maximum absolute atomic E-state index is 12.3. The van der Waals surface area contributed by atoms with Gasteiger partial charge in [-0.3, -0.25) is 0 Å². The fourth-order valence-corrected chi connectivity index (χ4v) is 1.20. The minimum atomic E-state index is -4.41. The quantitative estimate of drug-likeness (QED) is 0.764. The van der Waals surface area contributed by atoms with Crippen LogP contribution in [0.1, 0.15) is 11.1 Å². The first-order valence-corrected chi connectivity index (χ1v) is 4.49. The second-order valence-corrected chi connectivity index (χ2v) is 3.19. The molecule has 0 N–H and O–H groups in total. The molecule has 17 heavy (non-hydrogen) atoms. The molecule has 0 saturated heterocycles. The Morgan fingerprint density at radius 3 is 2.47 bits per heavy atom. The van der Waals surface area contributed by atoms with Gasteiger partial charge in [0, 0.05) is 6.20 Å². The van der Waals surface area contributed by atoms with Gasteiger partial charge in [0.2, 0.25) is 0 Å². The number of rotatable bonds is 1. The molecule has 0 aromatic carbocycles. The van der Waals surface area contributed by atoms with Crippen molar-refractivity contribution in [3.05, 3.63) is 41.9 Å². The predicted octanol–water partition coefficient (Wildman–Crippen LogP) is 2.16. The maximum Gasteiger partial charge on any atom is 0.417 e. The van der Waals surface area contributed by atoms with E-state index < -0.39 is 11.7 Å². The maximum atomic E-state index is 12.3. The van der Waals surface area contributed by atoms with E-state index >= 15 is 0 Å². The Morgan fingerprint density at radius 2 is 2.00 bits per heavy atom. The summed E-state index contributed by atoms with van der Waals surface area (Å²) in [6, 6.07) is 3.97. The molecule has 0 bridgehead atoms. The molecule has 0 atom stereocenters. The van der Waals surface area contributed by atoms with Gasteiger partial charge in [0.05, 0.1) is 23.5 Å². The van der Waals surface area contributed by atoms with E-state index in [2.05, 4.69) is 10.1 Å². The fraction of sp³-hybridized carbons (Fsp3) is 0.100. The second-order valence-electron chi connectivity index (χ2n) is 3.19. The SMILES string of the molecule is N#Cc1cnn(-c2ccc(C(F)(F)F)cn2)c1. The minimum Gasteiger partial charge on any atom is -0.237 e. The van der Waals surface area contributed by atoms with Crippen LogP contribution >= 0.6 is 0 Å². The highest BCUT2D eigenvalue weighted by Crippen LogP contribution is 2.28. The summed E-state index contributed by atoms with van der Waals surface area (Å²) < 4.78 is 38.1. The van der Waals surface area contributed by atoms with Crippen LogP contribution in [0.4, 0.5) is 13.2 Å². The van der Waals surface area contributed by atoms with E-state index in [9.17, 15) is 13.2 Å². The van der Waals surface area contributed by atoms with Crippen molar-refractivity contribution < 1.29 is 13.2 Å². The Labute approximate surface area is 93.9 Å². The highest BCUT2D eigenvalue weighted by Gasteiger charge is 2.30. The number of nitrogens with zero attached hydrogens (tertiary/aromatic N) is 4. The van der Waals surface area contributed by atoms with Crippen molar-refractivity contribution in [1.29, 1.82) is 5.26 Å². The van der Waals surface area contributed by atoms with Gasteiger partial charge >= 0.3 is 6.18 Å². The van der Waals surface area contributed by atoms with Gasteiger partial charge < -0.3 is 0 Å². The van der Waals surface area contributed by atoms with Gasteiger partial charge in [0.1, 0.15) is 6.07 Å². The van der Waals surface area contributed by atoms with Crippen molar-refractivity contribution in [3.8, 4) is 11.9 Å². The topological polar surface area (TPSA) is 54.5 Å². The molecule has 0 saturated carbocycles. The number of pyridine rings is 1. The first-order valence-electron chi connectivity index (χ1n) is 4.49. The molecule has 0 aliphatic carbocycles. The smallest absolute Gasteiger partial charge is 0.237 e. The van der Waals surface area contributed by atoms with Crippen LogP contribution < -0.4 is 0 Å². The van der Waals surface area contributed by atoms with Crippen molar-refractivity contribution in [2.45, 2.75) is 6.18 Å². The summed E-state index contributed by atoms with van der Waals surface area (Å²) >= 11 is 0. The van der Waals surface area contributed by atoms with E-state index in [1.165, 1.54) is 23.1 Å². The van der Waals surface area contributed by atoms with E-state index in [1.54, 1.807) is 0 Å². The van der Waals surface area contributed by atoms with Crippen LogP contribution in [-0.2, 0) is 6.18 Å². The van der Waals surface area contributed by atoms with Gasteiger partial charge in [-0.05, 0) is 12.1 Å². The summed E-state index contributed by atoms with van der Waals surface area (Å²) in [5, 5.41) is 12.4. The van der Waals surface area contributed by atoms with E-state index in [4.69, 9.17) is 5.26 Å². The Hall–Kier alpha value is -2.36. The standard InChI is InChI=1S/C10H5F3N4/c11-10(12,13)8-1-2-9(15-5-8)17-6-7(3-14)4-16-17/h1-2,4-6H. The molecular formula is C10H5F3N4.